The Hall–Kier alpha value is -4.07. The maximum atomic E-state index is 13.2. The SMILES string of the molecule is COc1ccccc1C(=O)n1nc(-c2cncnc2)nc1NCc1ccccc1. The minimum atomic E-state index is -0.353. The highest BCUT2D eigenvalue weighted by molar-refractivity contribution is 5.99. The van der Waals surface area contributed by atoms with Gasteiger partial charge in [0.05, 0.1) is 18.2 Å². The van der Waals surface area contributed by atoms with Crippen molar-refractivity contribution < 1.29 is 9.53 Å². The van der Waals surface area contributed by atoms with Gasteiger partial charge in [-0.1, -0.05) is 42.5 Å². The lowest BCUT2D eigenvalue weighted by atomic mass is 10.2. The Morgan fingerprint density at radius 3 is 2.52 bits per heavy atom. The number of carbonyl (C=O) groups excluding carboxylic acids is 1. The van der Waals surface area contributed by atoms with Gasteiger partial charge in [0, 0.05) is 18.9 Å². The number of carbonyl (C=O) groups is 1. The van der Waals surface area contributed by atoms with Gasteiger partial charge >= 0.3 is 0 Å². The van der Waals surface area contributed by atoms with Crippen LogP contribution in [0.4, 0.5) is 5.95 Å². The van der Waals surface area contributed by atoms with Gasteiger partial charge in [-0.15, -0.1) is 5.10 Å². The minimum Gasteiger partial charge on any atom is -0.496 e. The Kier molecular flexibility index (Phi) is 5.24. The van der Waals surface area contributed by atoms with Crippen LogP contribution in [0.5, 0.6) is 5.75 Å². The number of nitrogens with one attached hydrogen (secondary N) is 1. The molecule has 0 atom stereocenters. The van der Waals surface area contributed by atoms with Crippen molar-refractivity contribution in [3.05, 3.63) is 84.4 Å². The van der Waals surface area contributed by atoms with E-state index >= 15 is 0 Å². The summed E-state index contributed by atoms with van der Waals surface area (Å²) in [6, 6.07) is 16.8. The average Bonchev–Trinajstić information content (AvgIpc) is 3.23. The first-order valence-corrected chi connectivity index (χ1v) is 8.94. The van der Waals surface area contributed by atoms with Crippen LogP contribution in [0.1, 0.15) is 15.9 Å². The second-order valence-electron chi connectivity index (χ2n) is 6.14. The largest absolute Gasteiger partial charge is 0.496 e. The standard InChI is InChI=1S/C21H18N6O2/c1-29-18-10-6-5-9-17(18)20(28)27-21(24-11-15-7-3-2-4-8-15)25-19(26-27)16-12-22-14-23-13-16/h2-10,12-14H,11H2,1H3,(H,24,25,26). The minimum absolute atomic E-state index is 0.323. The van der Waals surface area contributed by atoms with Crippen molar-refractivity contribution in [2.45, 2.75) is 6.54 Å². The normalized spacial score (nSPS) is 10.5. The number of nitrogens with zero attached hydrogens (tertiary/aromatic N) is 5. The fraction of sp³-hybridized carbons (Fsp3) is 0.0952. The third-order valence-electron chi connectivity index (χ3n) is 4.25. The fourth-order valence-electron chi connectivity index (χ4n) is 2.82. The lowest BCUT2D eigenvalue weighted by Gasteiger charge is -2.09. The summed E-state index contributed by atoms with van der Waals surface area (Å²) in [5.74, 6) is 0.785. The highest BCUT2D eigenvalue weighted by atomic mass is 16.5. The van der Waals surface area contributed by atoms with Crippen LogP contribution in [-0.2, 0) is 6.54 Å². The van der Waals surface area contributed by atoms with Crippen molar-refractivity contribution in [2.75, 3.05) is 12.4 Å². The number of rotatable bonds is 6. The molecular weight excluding hydrogens is 368 g/mol. The topological polar surface area (TPSA) is 94.8 Å². The average molecular weight is 386 g/mol. The van der Waals surface area contributed by atoms with E-state index in [2.05, 4.69) is 25.4 Å². The first kappa shape index (κ1) is 18.3. The van der Waals surface area contributed by atoms with Crippen molar-refractivity contribution in [3.8, 4) is 17.1 Å². The molecule has 0 unspecified atom stereocenters. The number of aromatic nitrogens is 5. The summed E-state index contributed by atoms with van der Waals surface area (Å²) in [7, 11) is 1.52. The predicted octanol–water partition coefficient (Wildman–Crippen LogP) is 3.04. The highest BCUT2D eigenvalue weighted by Crippen LogP contribution is 2.22. The van der Waals surface area contributed by atoms with E-state index in [4.69, 9.17) is 4.74 Å². The van der Waals surface area contributed by atoms with Crippen LogP contribution in [0, 0.1) is 0 Å². The van der Waals surface area contributed by atoms with Gasteiger partial charge in [0.15, 0.2) is 5.82 Å². The van der Waals surface area contributed by atoms with Gasteiger partial charge in [-0.2, -0.15) is 9.67 Å². The molecule has 0 fully saturated rings. The number of hydrogen-bond acceptors (Lipinski definition) is 7. The van der Waals surface area contributed by atoms with Crippen molar-refractivity contribution in [3.63, 3.8) is 0 Å². The molecule has 2 aromatic carbocycles. The summed E-state index contributed by atoms with van der Waals surface area (Å²) >= 11 is 0. The molecule has 2 aromatic heterocycles. The molecule has 8 nitrogen and oxygen atoms in total. The van der Waals surface area contributed by atoms with E-state index < -0.39 is 0 Å². The van der Waals surface area contributed by atoms with E-state index in [-0.39, 0.29) is 5.91 Å². The van der Waals surface area contributed by atoms with Gasteiger partial charge in [0.1, 0.15) is 12.1 Å². The zero-order chi connectivity index (χ0) is 20.1. The van der Waals surface area contributed by atoms with E-state index in [1.807, 2.05) is 30.3 Å². The molecule has 1 N–H and O–H groups in total. The second kappa shape index (κ2) is 8.30. The zero-order valence-electron chi connectivity index (χ0n) is 15.7. The van der Waals surface area contributed by atoms with Crippen molar-refractivity contribution in [1.29, 1.82) is 0 Å². The number of benzene rings is 2. The lowest BCUT2D eigenvalue weighted by Crippen LogP contribution is -2.18. The summed E-state index contributed by atoms with van der Waals surface area (Å²) in [4.78, 5) is 25.7. The Labute approximate surface area is 167 Å². The van der Waals surface area contributed by atoms with Gasteiger partial charge in [-0.25, -0.2) is 9.97 Å². The Morgan fingerprint density at radius 1 is 1.03 bits per heavy atom. The second-order valence-corrected chi connectivity index (χ2v) is 6.14. The molecule has 0 saturated carbocycles. The molecule has 0 aliphatic heterocycles. The van der Waals surface area contributed by atoms with Crippen molar-refractivity contribution >= 4 is 11.9 Å². The van der Waals surface area contributed by atoms with Gasteiger partial charge in [0.2, 0.25) is 5.95 Å². The van der Waals surface area contributed by atoms with Crippen LogP contribution in [-0.4, -0.2) is 37.7 Å². The third-order valence-corrected chi connectivity index (χ3v) is 4.25. The van der Waals surface area contributed by atoms with Crippen LogP contribution >= 0.6 is 0 Å². The van der Waals surface area contributed by atoms with Crippen LogP contribution in [0.25, 0.3) is 11.4 Å². The van der Waals surface area contributed by atoms with E-state index in [0.29, 0.717) is 35.2 Å². The summed E-state index contributed by atoms with van der Waals surface area (Å²) in [6.07, 6.45) is 4.62. The molecule has 0 aliphatic carbocycles. The molecule has 144 valence electrons. The fourth-order valence-corrected chi connectivity index (χ4v) is 2.82. The van der Waals surface area contributed by atoms with Gasteiger partial charge in [0.25, 0.3) is 5.91 Å². The molecule has 4 aromatic rings. The number of anilines is 1. The Balaban J connectivity index is 1.72. The monoisotopic (exact) mass is 386 g/mol. The number of hydrogen-bond donors (Lipinski definition) is 1. The number of ether oxygens (including phenoxy) is 1. The van der Waals surface area contributed by atoms with Crippen molar-refractivity contribution in [1.82, 2.24) is 24.7 Å². The van der Waals surface area contributed by atoms with E-state index in [1.54, 1.807) is 36.7 Å². The smallest absolute Gasteiger partial charge is 0.285 e. The third kappa shape index (κ3) is 3.96. The zero-order valence-corrected chi connectivity index (χ0v) is 15.7. The summed E-state index contributed by atoms with van der Waals surface area (Å²) in [6.45, 7) is 0.490. The molecule has 0 saturated heterocycles. The molecular formula is C21H18N6O2. The van der Waals surface area contributed by atoms with Crippen LogP contribution in [0.15, 0.2) is 73.3 Å². The van der Waals surface area contributed by atoms with Crippen LogP contribution in [0.2, 0.25) is 0 Å². The maximum Gasteiger partial charge on any atom is 0.285 e. The first-order chi connectivity index (χ1) is 14.3. The highest BCUT2D eigenvalue weighted by Gasteiger charge is 2.21. The summed E-state index contributed by atoms with van der Waals surface area (Å²) in [5, 5.41) is 7.60. The summed E-state index contributed by atoms with van der Waals surface area (Å²) < 4.78 is 6.57. The van der Waals surface area contributed by atoms with Crippen LogP contribution in [0.3, 0.4) is 0 Å². The molecule has 29 heavy (non-hydrogen) atoms. The molecule has 0 amide bonds. The quantitative estimate of drug-likeness (QED) is 0.544. The van der Waals surface area contributed by atoms with E-state index in [9.17, 15) is 4.79 Å². The van der Waals surface area contributed by atoms with Crippen LogP contribution < -0.4 is 10.1 Å². The predicted molar refractivity (Wildman–Crippen MR) is 108 cm³/mol. The Morgan fingerprint density at radius 2 is 1.76 bits per heavy atom. The Bertz CT molecular complexity index is 1110. The molecule has 0 radical (unpaired) electrons. The molecule has 0 bridgehead atoms. The van der Waals surface area contributed by atoms with Gasteiger partial charge < -0.3 is 10.1 Å². The molecule has 4 rings (SSSR count). The van der Waals surface area contributed by atoms with E-state index in [0.717, 1.165) is 5.56 Å². The number of para-hydroxylation sites is 1. The summed E-state index contributed by atoms with van der Waals surface area (Å²) in [5.41, 5.74) is 2.05. The van der Waals surface area contributed by atoms with Gasteiger partial charge in [-0.05, 0) is 17.7 Å². The molecule has 0 aliphatic rings. The maximum absolute atomic E-state index is 13.2. The van der Waals surface area contributed by atoms with E-state index in [1.165, 1.54) is 18.1 Å². The first-order valence-electron chi connectivity index (χ1n) is 8.94. The molecule has 0 spiro atoms. The molecule has 8 heteroatoms. The molecule has 2 heterocycles. The van der Waals surface area contributed by atoms with Crippen molar-refractivity contribution in [2.24, 2.45) is 0 Å². The number of methoxy groups -OCH3 is 1. The van der Waals surface area contributed by atoms with Gasteiger partial charge in [-0.3, -0.25) is 4.79 Å². The lowest BCUT2D eigenvalue weighted by molar-refractivity contribution is 0.0944.